The standard InChI is InChI=1S/C26H27N3O6S/c1-3-28(4-2)26(31)24(11-7-8-19-12-15-22(16-13-19)29(32)33)25(30)27-36(34,35)23-17-14-20-9-5-6-10-21(20)18-23/h5-10,12-18,24H,3-4,11H2,1-2H3,(H,27,30). The van der Waals surface area contributed by atoms with E-state index in [0.29, 0.717) is 24.0 Å². The molecular formula is C26H27N3O6S. The number of nitro benzene ring substituents is 1. The molecule has 0 aromatic heterocycles. The Kier molecular flexibility index (Phi) is 8.55. The highest BCUT2D eigenvalue weighted by Gasteiger charge is 2.32. The zero-order valence-corrected chi connectivity index (χ0v) is 20.8. The van der Waals surface area contributed by atoms with Gasteiger partial charge in [-0.1, -0.05) is 42.5 Å². The maximum atomic E-state index is 13.1. The molecule has 3 aromatic rings. The van der Waals surface area contributed by atoms with Crippen LogP contribution in [0.5, 0.6) is 0 Å². The van der Waals surface area contributed by atoms with Gasteiger partial charge in [-0.2, -0.15) is 0 Å². The van der Waals surface area contributed by atoms with Gasteiger partial charge in [-0.05, 0) is 60.9 Å². The summed E-state index contributed by atoms with van der Waals surface area (Å²) in [5, 5.41) is 12.4. The third kappa shape index (κ3) is 6.33. The molecule has 1 atom stereocenters. The topological polar surface area (TPSA) is 127 Å². The van der Waals surface area contributed by atoms with Crippen LogP contribution in [0.3, 0.4) is 0 Å². The summed E-state index contributed by atoms with van der Waals surface area (Å²) >= 11 is 0. The molecular weight excluding hydrogens is 482 g/mol. The number of nitro groups is 1. The van der Waals surface area contributed by atoms with Crippen molar-refractivity contribution in [2.45, 2.75) is 25.2 Å². The molecule has 0 radical (unpaired) electrons. The SMILES string of the molecule is CCN(CC)C(=O)C(CC=Cc1ccc([N+](=O)[O-])cc1)C(=O)NS(=O)(=O)c1ccc2ccccc2c1. The summed E-state index contributed by atoms with van der Waals surface area (Å²) in [5.41, 5.74) is 0.582. The van der Waals surface area contributed by atoms with Crippen molar-refractivity contribution >= 4 is 44.4 Å². The molecule has 0 saturated heterocycles. The summed E-state index contributed by atoms with van der Waals surface area (Å²) in [4.78, 5) is 37.9. The Hall–Kier alpha value is -4.05. The second-order valence-electron chi connectivity index (χ2n) is 8.03. The minimum atomic E-state index is -4.22. The number of nitrogens with zero attached hydrogens (tertiary/aromatic N) is 2. The van der Waals surface area contributed by atoms with Crippen molar-refractivity contribution in [3.63, 3.8) is 0 Å². The molecule has 10 heteroatoms. The molecule has 0 heterocycles. The molecule has 3 aromatic carbocycles. The van der Waals surface area contributed by atoms with Crippen LogP contribution in [-0.2, 0) is 19.6 Å². The number of hydrogen-bond acceptors (Lipinski definition) is 6. The molecule has 2 amide bonds. The van der Waals surface area contributed by atoms with Gasteiger partial charge in [-0.25, -0.2) is 13.1 Å². The Morgan fingerprint density at radius 3 is 2.25 bits per heavy atom. The highest BCUT2D eigenvalue weighted by molar-refractivity contribution is 7.90. The maximum Gasteiger partial charge on any atom is 0.269 e. The fourth-order valence-corrected chi connectivity index (χ4v) is 4.77. The summed E-state index contributed by atoms with van der Waals surface area (Å²) < 4.78 is 28.0. The van der Waals surface area contributed by atoms with E-state index in [2.05, 4.69) is 4.72 Å². The summed E-state index contributed by atoms with van der Waals surface area (Å²) in [5.74, 6) is -2.68. The van der Waals surface area contributed by atoms with Crippen LogP contribution >= 0.6 is 0 Å². The van der Waals surface area contributed by atoms with Gasteiger partial charge in [0.15, 0.2) is 0 Å². The predicted octanol–water partition coefficient (Wildman–Crippen LogP) is 4.14. The van der Waals surface area contributed by atoms with Gasteiger partial charge in [0.2, 0.25) is 11.8 Å². The average Bonchev–Trinajstić information content (AvgIpc) is 2.86. The van der Waals surface area contributed by atoms with Gasteiger partial charge in [0.05, 0.1) is 9.82 Å². The van der Waals surface area contributed by atoms with E-state index in [-0.39, 0.29) is 17.0 Å². The number of hydrogen-bond donors (Lipinski definition) is 1. The van der Waals surface area contributed by atoms with Crippen molar-refractivity contribution in [1.29, 1.82) is 0 Å². The fourth-order valence-electron chi connectivity index (χ4n) is 3.72. The van der Waals surface area contributed by atoms with Crippen LogP contribution in [0.1, 0.15) is 25.8 Å². The van der Waals surface area contributed by atoms with Crippen LogP contribution in [0, 0.1) is 16.0 Å². The summed E-state index contributed by atoms with van der Waals surface area (Å²) in [6, 6.07) is 17.6. The zero-order valence-electron chi connectivity index (χ0n) is 20.0. The van der Waals surface area contributed by atoms with E-state index >= 15 is 0 Å². The number of allylic oxidation sites excluding steroid dienone is 1. The first-order valence-corrected chi connectivity index (χ1v) is 12.9. The van der Waals surface area contributed by atoms with Gasteiger partial charge < -0.3 is 4.90 Å². The third-order valence-electron chi connectivity index (χ3n) is 5.74. The summed E-state index contributed by atoms with van der Waals surface area (Å²) in [7, 11) is -4.22. The van der Waals surface area contributed by atoms with Crippen molar-refractivity contribution in [1.82, 2.24) is 9.62 Å². The second-order valence-corrected chi connectivity index (χ2v) is 9.71. The highest BCUT2D eigenvalue weighted by Crippen LogP contribution is 2.20. The smallest absolute Gasteiger partial charge is 0.269 e. The van der Waals surface area contributed by atoms with E-state index in [9.17, 15) is 28.1 Å². The molecule has 1 unspecified atom stereocenters. The quantitative estimate of drug-likeness (QED) is 0.249. The highest BCUT2D eigenvalue weighted by atomic mass is 32.2. The molecule has 0 fully saturated rings. The first-order chi connectivity index (χ1) is 17.2. The first kappa shape index (κ1) is 26.6. The van der Waals surface area contributed by atoms with Gasteiger partial charge in [0.25, 0.3) is 15.7 Å². The number of nitrogens with one attached hydrogen (secondary N) is 1. The van der Waals surface area contributed by atoms with E-state index in [0.717, 1.165) is 5.39 Å². The van der Waals surface area contributed by atoms with Crippen LogP contribution in [0.4, 0.5) is 5.69 Å². The number of rotatable bonds is 10. The van der Waals surface area contributed by atoms with Crippen LogP contribution in [0.15, 0.2) is 77.7 Å². The lowest BCUT2D eigenvalue weighted by atomic mass is 10.0. The number of benzene rings is 3. The molecule has 1 N–H and O–H groups in total. The number of carbonyl (C=O) groups excluding carboxylic acids is 2. The summed E-state index contributed by atoms with van der Waals surface area (Å²) in [6.07, 6.45) is 3.15. The Morgan fingerprint density at radius 2 is 1.64 bits per heavy atom. The lowest BCUT2D eigenvalue weighted by molar-refractivity contribution is -0.384. The Bertz CT molecular complexity index is 1400. The van der Waals surface area contributed by atoms with Crippen molar-refractivity contribution in [2.75, 3.05) is 13.1 Å². The maximum absolute atomic E-state index is 13.1. The van der Waals surface area contributed by atoms with Gasteiger partial charge in [-0.15, -0.1) is 0 Å². The number of fused-ring (bicyclic) bond motifs is 1. The van der Waals surface area contributed by atoms with E-state index in [1.54, 1.807) is 56.3 Å². The molecule has 0 aliphatic heterocycles. The monoisotopic (exact) mass is 509 g/mol. The second kappa shape index (κ2) is 11.6. The van der Waals surface area contributed by atoms with Crippen LogP contribution in [-0.4, -0.2) is 43.1 Å². The Labute approximate surface area is 209 Å². The zero-order chi connectivity index (χ0) is 26.3. The number of non-ortho nitro benzene ring substituents is 1. The lowest BCUT2D eigenvalue weighted by Crippen LogP contribution is -2.45. The molecule has 9 nitrogen and oxygen atoms in total. The molecule has 0 saturated carbocycles. The molecule has 0 aliphatic carbocycles. The van der Waals surface area contributed by atoms with E-state index < -0.39 is 32.7 Å². The van der Waals surface area contributed by atoms with E-state index in [1.165, 1.54) is 29.2 Å². The van der Waals surface area contributed by atoms with Crippen molar-refractivity contribution in [2.24, 2.45) is 5.92 Å². The molecule has 188 valence electrons. The molecule has 0 aliphatic rings. The van der Waals surface area contributed by atoms with Gasteiger partial charge in [-0.3, -0.25) is 19.7 Å². The lowest BCUT2D eigenvalue weighted by Gasteiger charge is -2.24. The first-order valence-electron chi connectivity index (χ1n) is 11.4. The van der Waals surface area contributed by atoms with Crippen molar-refractivity contribution in [3.8, 4) is 0 Å². The third-order valence-corrected chi connectivity index (χ3v) is 7.09. The van der Waals surface area contributed by atoms with Crippen LogP contribution in [0.25, 0.3) is 16.8 Å². The van der Waals surface area contributed by atoms with E-state index in [4.69, 9.17) is 0 Å². The average molecular weight is 510 g/mol. The Morgan fingerprint density at radius 1 is 1.00 bits per heavy atom. The fraction of sp³-hybridized carbons (Fsp3) is 0.231. The summed E-state index contributed by atoms with van der Waals surface area (Å²) in [6.45, 7) is 4.27. The van der Waals surface area contributed by atoms with Gasteiger partial charge in [0.1, 0.15) is 5.92 Å². The largest absolute Gasteiger partial charge is 0.343 e. The number of amides is 2. The molecule has 0 bridgehead atoms. The van der Waals surface area contributed by atoms with Crippen molar-refractivity contribution in [3.05, 3.63) is 88.5 Å². The van der Waals surface area contributed by atoms with E-state index in [1.807, 2.05) is 12.1 Å². The number of sulfonamides is 1. The predicted molar refractivity (Wildman–Crippen MR) is 137 cm³/mol. The normalized spacial score (nSPS) is 12.4. The van der Waals surface area contributed by atoms with Gasteiger partial charge >= 0.3 is 0 Å². The minimum absolute atomic E-state index is 0.0502. The van der Waals surface area contributed by atoms with Crippen LogP contribution < -0.4 is 4.72 Å². The Balaban J connectivity index is 1.82. The number of carbonyl (C=O) groups is 2. The van der Waals surface area contributed by atoms with Gasteiger partial charge in [0, 0.05) is 25.2 Å². The molecule has 0 spiro atoms. The molecule has 36 heavy (non-hydrogen) atoms. The molecule has 3 rings (SSSR count). The minimum Gasteiger partial charge on any atom is -0.343 e. The van der Waals surface area contributed by atoms with Crippen LogP contribution in [0.2, 0.25) is 0 Å². The van der Waals surface area contributed by atoms with Crippen molar-refractivity contribution < 1.29 is 22.9 Å².